The third-order valence-corrected chi connectivity index (χ3v) is 2.13. The van der Waals surface area contributed by atoms with Crippen LogP contribution in [0.2, 0.25) is 0 Å². The average molecular weight is 156 g/mol. The molecule has 1 aliphatic carbocycles. The van der Waals surface area contributed by atoms with Crippen molar-refractivity contribution in [2.24, 2.45) is 5.92 Å². The number of hydrogen-bond acceptors (Lipinski definition) is 2. The summed E-state index contributed by atoms with van der Waals surface area (Å²) in [4.78, 5) is 11.0. The van der Waals surface area contributed by atoms with Gasteiger partial charge in [-0.25, -0.2) is 0 Å². The van der Waals surface area contributed by atoms with Gasteiger partial charge in [0.25, 0.3) is 0 Å². The standard InChI is InChI=1S/C8H16N2O/c1-3-6-4-7(6)10-8(11)5-9-2/h6-7,9H,3-5H2,1-2H3,(H,10,11). The van der Waals surface area contributed by atoms with Crippen LogP contribution in [0.25, 0.3) is 0 Å². The second-order valence-electron chi connectivity index (χ2n) is 3.11. The molecule has 1 saturated carbocycles. The Morgan fingerprint density at radius 2 is 2.36 bits per heavy atom. The molecule has 0 aromatic rings. The second kappa shape index (κ2) is 3.72. The van der Waals surface area contributed by atoms with Crippen molar-refractivity contribution in [3.8, 4) is 0 Å². The van der Waals surface area contributed by atoms with E-state index < -0.39 is 0 Å². The topological polar surface area (TPSA) is 41.1 Å². The van der Waals surface area contributed by atoms with E-state index in [1.54, 1.807) is 7.05 Å². The number of likely N-dealkylation sites (N-methyl/N-ethyl adjacent to an activating group) is 1. The van der Waals surface area contributed by atoms with Crippen LogP contribution in [0, 0.1) is 5.92 Å². The summed E-state index contributed by atoms with van der Waals surface area (Å²) in [6.07, 6.45) is 2.36. The Hall–Kier alpha value is -0.570. The highest BCUT2D eigenvalue weighted by Crippen LogP contribution is 2.32. The van der Waals surface area contributed by atoms with Crippen molar-refractivity contribution < 1.29 is 4.79 Å². The molecule has 3 heteroatoms. The molecule has 0 aliphatic heterocycles. The molecule has 0 heterocycles. The van der Waals surface area contributed by atoms with Crippen LogP contribution in [0.4, 0.5) is 0 Å². The number of nitrogens with one attached hydrogen (secondary N) is 2. The van der Waals surface area contributed by atoms with Crippen molar-refractivity contribution in [1.82, 2.24) is 10.6 Å². The first kappa shape index (κ1) is 8.53. The zero-order chi connectivity index (χ0) is 8.27. The maximum absolute atomic E-state index is 11.0. The highest BCUT2D eigenvalue weighted by atomic mass is 16.2. The summed E-state index contributed by atoms with van der Waals surface area (Å²) in [7, 11) is 1.78. The zero-order valence-corrected chi connectivity index (χ0v) is 7.18. The van der Waals surface area contributed by atoms with E-state index in [1.807, 2.05) is 0 Å². The van der Waals surface area contributed by atoms with E-state index in [0.29, 0.717) is 12.6 Å². The van der Waals surface area contributed by atoms with Crippen molar-refractivity contribution in [3.63, 3.8) is 0 Å². The lowest BCUT2D eigenvalue weighted by molar-refractivity contribution is -0.120. The third kappa shape index (κ3) is 2.50. The minimum Gasteiger partial charge on any atom is -0.352 e. The molecule has 2 unspecified atom stereocenters. The molecule has 2 atom stereocenters. The van der Waals surface area contributed by atoms with Gasteiger partial charge in [-0.1, -0.05) is 13.3 Å². The van der Waals surface area contributed by atoms with Gasteiger partial charge in [0.1, 0.15) is 0 Å². The summed E-state index contributed by atoms with van der Waals surface area (Å²) in [6.45, 7) is 2.60. The monoisotopic (exact) mass is 156 g/mol. The Kier molecular flexibility index (Phi) is 2.88. The zero-order valence-electron chi connectivity index (χ0n) is 7.18. The van der Waals surface area contributed by atoms with E-state index in [4.69, 9.17) is 0 Å². The molecule has 0 aromatic carbocycles. The first-order valence-electron chi connectivity index (χ1n) is 4.22. The molecule has 0 bridgehead atoms. The van der Waals surface area contributed by atoms with E-state index in [0.717, 1.165) is 5.92 Å². The van der Waals surface area contributed by atoms with Gasteiger partial charge >= 0.3 is 0 Å². The van der Waals surface area contributed by atoms with E-state index in [-0.39, 0.29) is 5.91 Å². The Morgan fingerprint density at radius 1 is 1.64 bits per heavy atom. The lowest BCUT2D eigenvalue weighted by Gasteiger charge is -2.01. The number of rotatable bonds is 4. The summed E-state index contributed by atoms with van der Waals surface area (Å²) in [6, 6.07) is 0.473. The fourth-order valence-corrected chi connectivity index (χ4v) is 1.29. The van der Waals surface area contributed by atoms with Crippen molar-refractivity contribution in [2.75, 3.05) is 13.6 Å². The quantitative estimate of drug-likeness (QED) is 0.607. The van der Waals surface area contributed by atoms with Crippen LogP contribution in [-0.2, 0) is 4.79 Å². The number of carbonyl (C=O) groups excluding carboxylic acids is 1. The molecule has 0 radical (unpaired) electrons. The number of amides is 1. The minimum absolute atomic E-state index is 0.119. The van der Waals surface area contributed by atoms with Crippen molar-refractivity contribution in [3.05, 3.63) is 0 Å². The number of carbonyl (C=O) groups is 1. The van der Waals surface area contributed by atoms with Crippen LogP contribution < -0.4 is 10.6 Å². The normalized spacial score (nSPS) is 28.2. The summed E-state index contributed by atoms with van der Waals surface area (Å²) in [5.41, 5.74) is 0. The van der Waals surface area contributed by atoms with Crippen molar-refractivity contribution >= 4 is 5.91 Å². The molecular weight excluding hydrogens is 140 g/mol. The molecule has 11 heavy (non-hydrogen) atoms. The molecule has 3 nitrogen and oxygen atoms in total. The SMILES string of the molecule is CCC1CC1NC(=O)CNC. The van der Waals surface area contributed by atoms with Crippen LogP contribution in [-0.4, -0.2) is 25.5 Å². The van der Waals surface area contributed by atoms with Gasteiger partial charge in [-0.05, 0) is 19.4 Å². The summed E-state index contributed by atoms with van der Waals surface area (Å²) >= 11 is 0. The molecule has 0 saturated heterocycles. The highest BCUT2D eigenvalue weighted by Gasteiger charge is 2.35. The molecule has 0 spiro atoms. The Balaban J connectivity index is 2.08. The van der Waals surface area contributed by atoms with Gasteiger partial charge in [-0.15, -0.1) is 0 Å². The van der Waals surface area contributed by atoms with Gasteiger partial charge in [0.2, 0.25) is 5.91 Å². The summed E-state index contributed by atoms with van der Waals surface area (Å²) in [5.74, 6) is 0.865. The Morgan fingerprint density at radius 3 is 2.82 bits per heavy atom. The molecule has 0 aromatic heterocycles. The molecular formula is C8H16N2O. The van der Waals surface area contributed by atoms with Crippen LogP contribution in [0.1, 0.15) is 19.8 Å². The highest BCUT2D eigenvalue weighted by molar-refractivity contribution is 5.78. The summed E-state index contributed by atoms with van der Waals surface area (Å²) in [5, 5.41) is 5.78. The maximum atomic E-state index is 11.0. The molecule has 1 amide bonds. The van der Waals surface area contributed by atoms with E-state index in [9.17, 15) is 4.79 Å². The van der Waals surface area contributed by atoms with Gasteiger partial charge in [0, 0.05) is 6.04 Å². The van der Waals surface area contributed by atoms with Gasteiger partial charge in [0.15, 0.2) is 0 Å². The lowest BCUT2D eigenvalue weighted by Crippen LogP contribution is -2.34. The predicted octanol–water partition coefficient (Wildman–Crippen LogP) is 0.120. The average Bonchev–Trinajstić information content (AvgIpc) is 2.68. The minimum atomic E-state index is 0.119. The van der Waals surface area contributed by atoms with Crippen molar-refractivity contribution in [2.45, 2.75) is 25.8 Å². The smallest absolute Gasteiger partial charge is 0.234 e. The first-order chi connectivity index (χ1) is 5.27. The van der Waals surface area contributed by atoms with Crippen molar-refractivity contribution in [1.29, 1.82) is 0 Å². The van der Waals surface area contributed by atoms with E-state index in [1.165, 1.54) is 12.8 Å². The van der Waals surface area contributed by atoms with Gasteiger partial charge in [-0.2, -0.15) is 0 Å². The second-order valence-corrected chi connectivity index (χ2v) is 3.11. The van der Waals surface area contributed by atoms with Crippen LogP contribution in [0.5, 0.6) is 0 Å². The Labute approximate surface area is 67.5 Å². The van der Waals surface area contributed by atoms with Gasteiger partial charge in [-0.3, -0.25) is 4.79 Å². The summed E-state index contributed by atoms with van der Waals surface area (Å²) < 4.78 is 0. The molecule has 2 N–H and O–H groups in total. The Bertz CT molecular complexity index is 147. The largest absolute Gasteiger partial charge is 0.352 e. The number of hydrogen-bond donors (Lipinski definition) is 2. The molecule has 1 fully saturated rings. The molecule has 1 aliphatic rings. The fourth-order valence-electron chi connectivity index (χ4n) is 1.29. The predicted molar refractivity (Wildman–Crippen MR) is 44.3 cm³/mol. The van der Waals surface area contributed by atoms with E-state index >= 15 is 0 Å². The van der Waals surface area contributed by atoms with Crippen LogP contribution in [0.3, 0.4) is 0 Å². The van der Waals surface area contributed by atoms with Gasteiger partial charge in [0.05, 0.1) is 6.54 Å². The maximum Gasteiger partial charge on any atom is 0.234 e. The molecule has 64 valence electrons. The van der Waals surface area contributed by atoms with Crippen LogP contribution in [0.15, 0.2) is 0 Å². The third-order valence-electron chi connectivity index (χ3n) is 2.13. The fraction of sp³-hybridized carbons (Fsp3) is 0.875. The van der Waals surface area contributed by atoms with Crippen LogP contribution >= 0.6 is 0 Å². The lowest BCUT2D eigenvalue weighted by atomic mass is 10.3. The first-order valence-corrected chi connectivity index (χ1v) is 4.22. The van der Waals surface area contributed by atoms with E-state index in [2.05, 4.69) is 17.6 Å². The van der Waals surface area contributed by atoms with Gasteiger partial charge < -0.3 is 10.6 Å². The molecule has 1 rings (SSSR count).